The van der Waals surface area contributed by atoms with Gasteiger partial charge in [0.25, 0.3) is 0 Å². The molecular weight excluding hydrogens is 354 g/mol. The first-order valence-corrected chi connectivity index (χ1v) is 9.62. The zero-order valence-corrected chi connectivity index (χ0v) is 16.3. The van der Waals surface area contributed by atoms with E-state index in [1.165, 1.54) is 5.56 Å². The summed E-state index contributed by atoms with van der Waals surface area (Å²) in [5.74, 6) is 1.80. The highest BCUT2D eigenvalue weighted by molar-refractivity contribution is 5.88. The molecule has 28 heavy (non-hydrogen) atoms. The quantitative estimate of drug-likeness (QED) is 0.613. The van der Waals surface area contributed by atoms with Crippen LogP contribution >= 0.6 is 0 Å². The van der Waals surface area contributed by atoms with Gasteiger partial charge in [-0.25, -0.2) is 9.97 Å². The molecule has 2 aromatic heterocycles. The number of hydrogen-bond acceptors (Lipinski definition) is 6. The Morgan fingerprint density at radius 3 is 2.71 bits per heavy atom. The van der Waals surface area contributed by atoms with Crippen LogP contribution in [0, 0.1) is 0 Å². The van der Waals surface area contributed by atoms with Gasteiger partial charge in [-0.3, -0.25) is 14.3 Å². The zero-order valence-electron chi connectivity index (χ0n) is 16.3. The van der Waals surface area contributed by atoms with Gasteiger partial charge in [0, 0.05) is 61.6 Å². The maximum atomic E-state index is 11.7. The average Bonchev–Trinajstić information content (AvgIpc) is 3.10. The second-order valence-corrected chi connectivity index (χ2v) is 7.02. The summed E-state index contributed by atoms with van der Waals surface area (Å²) in [6.07, 6.45) is 5.35. The van der Waals surface area contributed by atoms with E-state index in [1.807, 2.05) is 24.4 Å². The summed E-state index contributed by atoms with van der Waals surface area (Å²) in [7, 11) is 1.64. The number of hydrogen-bond donors (Lipinski definition) is 0. The average molecular weight is 379 g/mol. The maximum absolute atomic E-state index is 11.7. The van der Waals surface area contributed by atoms with Crippen molar-refractivity contribution < 1.29 is 9.53 Å². The van der Waals surface area contributed by atoms with E-state index in [0.29, 0.717) is 0 Å². The lowest BCUT2D eigenvalue weighted by Crippen LogP contribution is -2.46. The molecular formula is C21H25N5O2. The summed E-state index contributed by atoms with van der Waals surface area (Å²) in [5, 5.41) is 1.05. The van der Waals surface area contributed by atoms with Gasteiger partial charge in [0.15, 0.2) is 0 Å². The van der Waals surface area contributed by atoms with E-state index in [2.05, 4.69) is 32.8 Å². The van der Waals surface area contributed by atoms with Gasteiger partial charge in [0.1, 0.15) is 17.9 Å². The fourth-order valence-electron chi connectivity index (χ4n) is 3.86. The fraction of sp³-hybridized carbons (Fsp3) is 0.381. The van der Waals surface area contributed by atoms with Crippen LogP contribution in [0.5, 0.6) is 5.75 Å². The van der Waals surface area contributed by atoms with Crippen molar-refractivity contribution in [3.8, 4) is 5.75 Å². The van der Waals surface area contributed by atoms with E-state index in [0.717, 1.165) is 73.7 Å². The van der Waals surface area contributed by atoms with Crippen LogP contribution in [0.2, 0.25) is 0 Å². The summed E-state index contributed by atoms with van der Waals surface area (Å²) in [6.45, 7) is 6.56. The summed E-state index contributed by atoms with van der Waals surface area (Å²) in [6, 6.07) is 7.92. The number of carbonyl (C=O) groups is 1. The molecule has 3 heterocycles. The van der Waals surface area contributed by atoms with Crippen molar-refractivity contribution in [2.24, 2.45) is 0 Å². The molecule has 4 rings (SSSR count). The van der Waals surface area contributed by atoms with Gasteiger partial charge in [-0.05, 0) is 24.6 Å². The van der Waals surface area contributed by atoms with Crippen LogP contribution < -0.4 is 9.64 Å². The van der Waals surface area contributed by atoms with Crippen molar-refractivity contribution in [3.05, 3.63) is 48.0 Å². The van der Waals surface area contributed by atoms with Crippen molar-refractivity contribution in [2.45, 2.75) is 19.9 Å². The molecule has 1 aromatic carbocycles. The Balaban J connectivity index is 1.48. The lowest BCUT2D eigenvalue weighted by Gasteiger charge is -2.36. The van der Waals surface area contributed by atoms with Crippen LogP contribution in [0.1, 0.15) is 18.2 Å². The Morgan fingerprint density at radius 1 is 1.18 bits per heavy atom. The monoisotopic (exact) mass is 379 g/mol. The number of methoxy groups -OCH3 is 1. The molecule has 7 heteroatoms. The number of rotatable bonds is 6. The first-order valence-electron chi connectivity index (χ1n) is 9.62. The first kappa shape index (κ1) is 18.4. The van der Waals surface area contributed by atoms with Gasteiger partial charge < -0.3 is 9.64 Å². The SMILES string of the molecule is CCc1cncnc1N1CCN(Cc2cc3ccc(OC)cc3n2C=O)CC1. The summed E-state index contributed by atoms with van der Waals surface area (Å²) in [5.41, 5.74) is 3.07. The Kier molecular flexibility index (Phi) is 5.25. The molecule has 146 valence electrons. The third-order valence-electron chi connectivity index (χ3n) is 5.44. The Bertz CT molecular complexity index is 976. The van der Waals surface area contributed by atoms with E-state index < -0.39 is 0 Å². The lowest BCUT2D eigenvalue weighted by atomic mass is 10.2. The third-order valence-corrected chi connectivity index (χ3v) is 5.44. The molecule has 0 spiro atoms. The van der Waals surface area contributed by atoms with Crippen LogP contribution in [0.3, 0.4) is 0 Å². The Hall–Kier alpha value is -2.93. The van der Waals surface area contributed by atoms with Gasteiger partial charge in [-0.1, -0.05) is 6.92 Å². The predicted molar refractivity (Wildman–Crippen MR) is 110 cm³/mol. The fourth-order valence-corrected chi connectivity index (χ4v) is 3.86. The molecule has 0 aliphatic carbocycles. The smallest absolute Gasteiger partial charge is 0.218 e. The minimum absolute atomic E-state index is 0.744. The minimum Gasteiger partial charge on any atom is -0.497 e. The Morgan fingerprint density at radius 2 is 2.00 bits per heavy atom. The summed E-state index contributed by atoms with van der Waals surface area (Å²) in [4.78, 5) is 25.1. The summed E-state index contributed by atoms with van der Waals surface area (Å²) < 4.78 is 7.02. The molecule has 0 bridgehead atoms. The number of piperazine rings is 1. The molecule has 0 N–H and O–H groups in total. The van der Waals surface area contributed by atoms with Crippen LogP contribution in [-0.2, 0) is 17.8 Å². The number of carbonyl (C=O) groups excluding carboxylic acids is 1. The number of fused-ring (bicyclic) bond motifs is 1. The van der Waals surface area contributed by atoms with E-state index in [4.69, 9.17) is 4.74 Å². The number of aryl methyl sites for hydroxylation is 1. The van der Waals surface area contributed by atoms with Crippen LogP contribution in [0.4, 0.5) is 5.82 Å². The zero-order chi connectivity index (χ0) is 19.5. The highest BCUT2D eigenvalue weighted by Crippen LogP contribution is 2.25. The van der Waals surface area contributed by atoms with Crippen molar-refractivity contribution >= 4 is 23.1 Å². The molecule has 1 aliphatic heterocycles. The van der Waals surface area contributed by atoms with E-state index >= 15 is 0 Å². The number of anilines is 1. The number of aromatic nitrogens is 3. The van der Waals surface area contributed by atoms with Gasteiger partial charge in [0.05, 0.1) is 12.6 Å². The minimum atomic E-state index is 0.744. The van der Waals surface area contributed by atoms with Gasteiger partial charge in [-0.2, -0.15) is 0 Å². The van der Waals surface area contributed by atoms with Crippen LogP contribution in [0.15, 0.2) is 36.8 Å². The van der Waals surface area contributed by atoms with Crippen molar-refractivity contribution in [2.75, 3.05) is 38.2 Å². The standard InChI is InChI=1S/C21H25N5O2/c1-3-16-12-22-14-23-21(16)25-8-6-24(7-9-25)13-18-10-17-4-5-19(28-2)11-20(17)26(18)15-27/h4-5,10-12,14-15H,3,6-9,13H2,1-2H3. The van der Waals surface area contributed by atoms with E-state index in [-0.39, 0.29) is 0 Å². The molecule has 1 fully saturated rings. The molecule has 0 saturated carbocycles. The Labute approximate surface area is 164 Å². The molecule has 1 saturated heterocycles. The number of ether oxygens (including phenoxy) is 1. The molecule has 7 nitrogen and oxygen atoms in total. The van der Waals surface area contributed by atoms with E-state index in [1.54, 1.807) is 18.0 Å². The molecule has 3 aromatic rings. The molecule has 0 amide bonds. The lowest BCUT2D eigenvalue weighted by molar-refractivity contribution is 0.245. The topological polar surface area (TPSA) is 63.5 Å². The van der Waals surface area contributed by atoms with Gasteiger partial charge in [-0.15, -0.1) is 0 Å². The van der Waals surface area contributed by atoms with Crippen molar-refractivity contribution in [1.29, 1.82) is 0 Å². The second-order valence-electron chi connectivity index (χ2n) is 7.02. The van der Waals surface area contributed by atoms with Crippen LogP contribution in [0.25, 0.3) is 10.9 Å². The first-order chi connectivity index (χ1) is 13.7. The molecule has 0 atom stereocenters. The molecule has 1 aliphatic rings. The number of nitrogens with zero attached hydrogens (tertiary/aromatic N) is 5. The molecule has 0 radical (unpaired) electrons. The van der Waals surface area contributed by atoms with E-state index in [9.17, 15) is 4.79 Å². The number of benzene rings is 1. The molecule has 0 unspecified atom stereocenters. The van der Waals surface area contributed by atoms with Gasteiger partial charge >= 0.3 is 0 Å². The normalized spacial score (nSPS) is 15.1. The van der Waals surface area contributed by atoms with Crippen molar-refractivity contribution in [3.63, 3.8) is 0 Å². The highest BCUT2D eigenvalue weighted by Gasteiger charge is 2.21. The van der Waals surface area contributed by atoms with Crippen molar-refractivity contribution in [1.82, 2.24) is 19.4 Å². The largest absolute Gasteiger partial charge is 0.497 e. The second kappa shape index (κ2) is 7.98. The van der Waals surface area contributed by atoms with Gasteiger partial charge in [0.2, 0.25) is 6.41 Å². The van der Waals surface area contributed by atoms with Crippen LogP contribution in [-0.4, -0.2) is 59.1 Å². The predicted octanol–water partition coefficient (Wildman–Crippen LogP) is 2.36. The summed E-state index contributed by atoms with van der Waals surface area (Å²) >= 11 is 0. The maximum Gasteiger partial charge on any atom is 0.218 e. The highest BCUT2D eigenvalue weighted by atomic mass is 16.5. The third kappa shape index (κ3) is 3.45.